The molecule has 0 aromatic rings. The van der Waals surface area contributed by atoms with Crippen molar-refractivity contribution in [2.24, 2.45) is 0 Å². The van der Waals surface area contributed by atoms with E-state index in [1.807, 2.05) is 0 Å². The summed E-state index contributed by atoms with van der Waals surface area (Å²) < 4.78 is 5.23. The van der Waals surface area contributed by atoms with Gasteiger partial charge in [-0.05, 0) is 0 Å². The first-order chi connectivity index (χ1) is 6.11. The Labute approximate surface area is 75.9 Å². The molecule has 1 rings (SSSR count). The number of hydrogen-bond acceptors (Lipinski definition) is 4. The molecule has 1 aliphatic heterocycles. The Morgan fingerprint density at radius 3 is 2.54 bits per heavy atom. The number of ether oxygens (including phenoxy) is 1. The zero-order valence-electron chi connectivity index (χ0n) is 7.22. The minimum absolute atomic E-state index is 0.117. The van der Waals surface area contributed by atoms with E-state index in [0.29, 0.717) is 12.8 Å². The van der Waals surface area contributed by atoms with E-state index in [1.165, 1.54) is 0 Å². The van der Waals surface area contributed by atoms with Gasteiger partial charge in [0.25, 0.3) is 0 Å². The second kappa shape index (κ2) is 4.55. The predicted octanol–water partition coefficient (Wildman–Crippen LogP) is -0.638. The largest absolute Gasteiger partial charge is 0.481 e. The van der Waals surface area contributed by atoms with Crippen LogP contribution < -0.4 is 0 Å². The topological polar surface area (TPSA) is 87.0 Å². The summed E-state index contributed by atoms with van der Waals surface area (Å²) in [7, 11) is 0. The fourth-order valence-electron chi connectivity index (χ4n) is 1.53. The Balaban J connectivity index is 2.42. The molecule has 0 aliphatic carbocycles. The average molecular weight is 190 g/mol. The van der Waals surface area contributed by atoms with Crippen LogP contribution in [0.15, 0.2) is 0 Å². The van der Waals surface area contributed by atoms with Crippen molar-refractivity contribution in [3.05, 3.63) is 0 Å². The van der Waals surface area contributed by atoms with Gasteiger partial charge in [0.1, 0.15) is 0 Å². The van der Waals surface area contributed by atoms with Gasteiger partial charge >= 0.3 is 5.97 Å². The van der Waals surface area contributed by atoms with E-state index in [0.717, 1.165) is 0 Å². The molecule has 3 unspecified atom stereocenters. The fourth-order valence-corrected chi connectivity index (χ4v) is 1.53. The van der Waals surface area contributed by atoms with Crippen LogP contribution in [-0.4, -0.2) is 46.2 Å². The Bertz CT molecular complexity index is 181. The summed E-state index contributed by atoms with van der Waals surface area (Å²) in [5, 5.41) is 26.6. The van der Waals surface area contributed by atoms with Gasteiger partial charge in [0.2, 0.25) is 0 Å². The molecule has 1 aliphatic rings. The van der Waals surface area contributed by atoms with Crippen molar-refractivity contribution in [1.82, 2.24) is 0 Å². The maximum absolute atomic E-state index is 10.3. The highest BCUT2D eigenvalue weighted by molar-refractivity contribution is 5.67. The third-order valence-electron chi connectivity index (χ3n) is 2.06. The maximum Gasteiger partial charge on any atom is 0.305 e. The van der Waals surface area contributed by atoms with E-state index in [-0.39, 0.29) is 13.0 Å². The highest BCUT2D eigenvalue weighted by atomic mass is 16.5. The summed E-state index contributed by atoms with van der Waals surface area (Å²) in [6.07, 6.45) is -0.857. The molecular weight excluding hydrogens is 176 g/mol. The molecule has 1 saturated heterocycles. The second-order valence-electron chi connectivity index (χ2n) is 3.29. The van der Waals surface area contributed by atoms with Gasteiger partial charge in [-0.15, -0.1) is 0 Å². The number of aliphatic hydroxyl groups is 2. The lowest BCUT2D eigenvalue weighted by Crippen LogP contribution is -2.38. The van der Waals surface area contributed by atoms with Gasteiger partial charge in [-0.3, -0.25) is 4.79 Å². The fraction of sp³-hybridized carbons (Fsp3) is 0.875. The quantitative estimate of drug-likeness (QED) is 0.551. The lowest BCUT2D eigenvalue weighted by molar-refractivity contribution is -0.149. The van der Waals surface area contributed by atoms with E-state index in [4.69, 9.17) is 14.9 Å². The molecule has 0 aromatic heterocycles. The van der Waals surface area contributed by atoms with Gasteiger partial charge in [0.15, 0.2) is 0 Å². The monoisotopic (exact) mass is 190 g/mol. The summed E-state index contributed by atoms with van der Waals surface area (Å²) in [5.41, 5.74) is 0. The minimum Gasteiger partial charge on any atom is -0.481 e. The predicted molar refractivity (Wildman–Crippen MR) is 43.2 cm³/mol. The first kappa shape index (κ1) is 10.4. The standard InChI is InChI=1S/C8H14O5/c9-4-7-2-5(10)1-6(13-7)3-8(11)12/h5-7,9-10H,1-4H2,(H,11,12). The molecule has 1 fully saturated rings. The van der Waals surface area contributed by atoms with Crippen LogP contribution >= 0.6 is 0 Å². The molecule has 0 amide bonds. The van der Waals surface area contributed by atoms with Crippen molar-refractivity contribution in [1.29, 1.82) is 0 Å². The van der Waals surface area contributed by atoms with Gasteiger partial charge < -0.3 is 20.1 Å². The van der Waals surface area contributed by atoms with Crippen molar-refractivity contribution < 1.29 is 24.9 Å². The highest BCUT2D eigenvalue weighted by Crippen LogP contribution is 2.21. The number of carbonyl (C=O) groups is 1. The third kappa shape index (κ3) is 3.30. The first-order valence-electron chi connectivity index (χ1n) is 4.28. The van der Waals surface area contributed by atoms with Crippen molar-refractivity contribution in [2.45, 2.75) is 37.6 Å². The second-order valence-corrected chi connectivity index (χ2v) is 3.29. The van der Waals surface area contributed by atoms with Gasteiger partial charge in [-0.1, -0.05) is 0 Å². The van der Waals surface area contributed by atoms with E-state index in [1.54, 1.807) is 0 Å². The Kier molecular flexibility index (Phi) is 3.65. The SMILES string of the molecule is O=C(O)CC1CC(O)CC(CO)O1. The van der Waals surface area contributed by atoms with Crippen LogP contribution in [0, 0.1) is 0 Å². The Hall–Kier alpha value is -0.650. The molecule has 13 heavy (non-hydrogen) atoms. The van der Waals surface area contributed by atoms with Gasteiger partial charge in [-0.2, -0.15) is 0 Å². The van der Waals surface area contributed by atoms with Crippen molar-refractivity contribution in [3.63, 3.8) is 0 Å². The summed E-state index contributed by atoms with van der Waals surface area (Å²) in [6, 6.07) is 0. The molecule has 0 saturated carbocycles. The lowest BCUT2D eigenvalue weighted by atomic mass is 9.99. The highest BCUT2D eigenvalue weighted by Gasteiger charge is 2.29. The van der Waals surface area contributed by atoms with Crippen LogP contribution in [-0.2, 0) is 9.53 Å². The van der Waals surface area contributed by atoms with E-state index >= 15 is 0 Å². The molecule has 0 aromatic carbocycles. The Morgan fingerprint density at radius 2 is 2.00 bits per heavy atom. The number of carboxylic acids is 1. The number of aliphatic carboxylic acids is 1. The van der Waals surface area contributed by atoms with Crippen molar-refractivity contribution in [3.8, 4) is 0 Å². The molecule has 3 atom stereocenters. The van der Waals surface area contributed by atoms with Crippen LogP contribution in [0.1, 0.15) is 19.3 Å². The van der Waals surface area contributed by atoms with E-state index < -0.39 is 24.3 Å². The maximum atomic E-state index is 10.3. The normalized spacial score (nSPS) is 34.5. The van der Waals surface area contributed by atoms with Crippen LogP contribution in [0.25, 0.3) is 0 Å². The summed E-state index contributed by atoms with van der Waals surface area (Å²) in [6.45, 7) is -0.173. The summed E-state index contributed by atoms with van der Waals surface area (Å²) >= 11 is 0. The van der Waals surface area contributed by atoms with Gasteiger partial charge in [0, 0.05) is 12.8 Å². The Morgan fingerprint density at radius 1 is 1.38 bits per heavy atom. The number of rotatable bonds is 3. The zero-order valence-corrected chi connectivity index (χ0v) is 7.22. The molecule has 0 bridgehead atoms. The van der Waals surface area contributed by atoms with Crippen LogP contribution in [0.5, 0.6) is 0 Å². The average Bonchev–Trinajstić information content (AvgIpc) is 2.01. The molecule has 0 radical (unpaired) electrons. The molecule has 1 heterocycles. The van der Waals surface area contributed by atoms with Crippen LogP contribution in [0.3, 0.4) is 0 Å². The first-order valence-corrected chi connectivity index (χ1v) is 4.28. The van der Waals surface area contributed by atoms with Crippen molar-refractivity contribution in [2.75, 3.05) is 6.61 Å². The van der Waals surface area contributed by atoms with Crippen molar-refractivity contribution >= 4 is 5.97 Å². The summed E-state index contributed by atoms with van der Waals surface area (Å²) in [5.74, 6) is -0.948. The lowest BCUT2D eigenvalue weighted by Gasteiger charge is -2.31. The van der Waals surface area contributed by atoms with Gasteiger partial charge in [0.05, 0.1) is 31.3 Å². The zero-order chi connectivity index (χ0) is 9.84. The third-order valence-corrected chi connectivity index (χ3v) is 2.06. The van der Waals surface area contributed by atoms with Crippen LogP contribution in [0.4, 0.5) is 0 Å². The van der Waals surface area contributed by atoms with Crippen LogP contribution in [0.2, 0.25) is 0 Å². The number of aliphatic hydroxyl groups excluding tert-OH is 2. The molecular formula is C8H14O5. The van der Waals surface area contributed by atoms with E-state index in [9.17, 15) is 9.90 Å². The number of carboxylic acid groups (broad SMARTS) is 1. The molecule has 5 heteroatoms. The van der Waals surface area contributed by atoms with Gasteiger partial charge in [-0.25, -0.2) is 0 Å². The smallest absolute Gasteiger partial charge is 0.305 e. The molecule has 3 N–H and O–H groups in total. The molecule has 76 valence electrons. The van der Waals surface area contributed by atoms with E-state index in [2.05, 4.69) is 0 Å². The molecule has 0 spiro atoms. The minimum atomic E-state index is -0.948. The summed E-state index contributed by atoms with van der Waals surface area (Å²) in [4.78, 5) is 10.3. The molecule has 5 nitrogen and oxygen atoms in total. The number of hydrogen-bond donors (Lipinski definition) is 3.